The fourth-order valence-electron chi connectivity index (χ4n) is 1.74. The lowest BCUT2D eigenvalue weighted by molar-refractivity contribution is -0.385. The monoisotopic (exact) mass is 290 g/mol. The average Bonchev–Trinajstić information content (AvgIpc) is 2.52. The Kier molecular flexibility index (Phi) is 4.62. The van der Waals surface area contributed by atoms with Crippen molar-refractivity contribution in [3.63, 3.8) is 0 Å². The van der Waals surface area contributed by atoms with E-state index in [1.807, 2.05) is 0 Å². The third-order valence-electron chi connectivity index (χ3n) is 2.76. The van der Waals surface area contributed by atoms with Gasteiger partial charge in [-0.3, -0.25) is 10.1 Å². The van der Waals surface area contributed by atoms with E-state index in [0.29, 0.717) is 17.1 Å². The molecule has 21 heavy (non-hydrogen) atoms. The molecule has 0 saturated carbocycles. The van der Waals surface area contributed by atoms with Crippen LogP contribution in [-0.4, -0.2) is 22.0 Å². The molecule has 2 aromatic rings. The van der Waals surface area contributed by atoms with Gasteiger partial charge in [-0.1, -0.05) is 0 Å². The van der Waals surface area contributed by atoms with Gasteiger partial charge in [0.05, 0.1) is 18.1 Å². The zero-order chi connectivity index (χ0) is 15.2. The van der Waals surface area contributed by atoms with Crippen molar-refractivity contribution >= 4 is 5.69 Å². The number of hydrogen-bond donors (Lipinski definition) is 1. The van der Waals surface area contributed by atoms with Crippen molar-refractivity contribution in [3.8, 4) is 11.5 Å². The summed E-state index contributed by atoms with van der Waals surface area (Å²) in [6, 6.07) is 4.48. The van der Waals surface area contributed by atoms with Crippen LogP contribution in [0.25, 0.3) is 0 Å². The Morgan fingerprint density at radius 2 is 2.00 bits per heavy atom. The summed E-state index contributed by atoms with van der Waals surface area (Å²) in [4.78, 5) is 18.5. The summed E-state index contributed by atoms with van der Waals surface area (Å²) in [5.41, 5.74) is 5.77. The molecule has 1 aromatic heterocycles. The lowest BCUT2D eigenvalue weighted by Gasteiger charge is -2.11. The number of ether oxygens (including phenoxy) is 2. The molecule has 110 valence electrons. The first-order valence-electron chi connectivity index (χ1n) is 6.09. The van der Waals surface area contributed by atoms with Gasteiger partial charge in [0.25, 0.3) is 5.69 Å². The minimum atomic E-state index is -0.506. The largest absolute Gasteiger partial charge is 0.493 e. The fourth-order valence-corrected chi connectivity index (χ4v) is 1.74. The highest BCUT2D eigenvalue weighted by atomic mass is 16.6. The SMILES string of the molecule is COc1cc(CN)c([N+](=O)[O-])cc1OCc1ncccn1. The molecule has 2 rings (SSSR count). The second-order valence-electron chi connectivity index (χ2n) is 4.05. The highest BCUT2D eigenvalue weighted by Gasteiger charge is 2.19. The van der Waals surface area contributed by atoms with Crippen LogP contribution in [0.4, 0.5) is 5.69 Å². The number of methoxy groups -OCH3 is 1. The fraction of sp³-hybridized carbons (Fsp3) is 0.231. The van der Waals surface area contributed by atoms with Gasteiger partial charge in [-0.05, 0) is 12.1 Å². The van der Waals surface area contributed by atoms with Crippen molar-refractivity contribution in [2.24, 2.45) is 5.73 Å². The normalized spacial score (nSPS) is 10.2. The Balaban J connectivity index is 2.29. The van der Waals surface area contributed by atoms with E-state index < -0.39 is 4.92 Å². The number of aromatic nitrogens is 2. The van der Waals surface area contributed by atoms with Gasteiger partial charge in [0.2, 0.25) is 0 Å². The van der Waals surface area contributed by atoms with E-state index in [9.17, 15) is 10.1 Å². The second-order valence-corrected chi connectivity index (χ2v) is 4.05. The average molecular weight is 290 g/mol. The van der Waals surface area contributed by atoms with Crippen LogP contribution in [-0.2, 0) is 13.2 Å². The Labute approximate surface area is 120 Å². The summed E-state index contributed by atoms with van der Waals surface area (Å²) in [5.74, 6) is 1.08. The van der Waals surface area contributed by atoms with E-state index in [1.54, 1.807) is 18.5 Å². The predicted molar refractivity (Wildman–Crippen MR) is 73.9 cm³/mol. The van der Waals surface area contributed by atoms with E-state index in [-0.39, 0.29) is 24.6 Å². The molecule has 0 amide bonds. The Bertz CT molecular complexity index is 634. The predicted octanol–water partition coefficient (Wildman–Crippen LogP) is 1.43. The molecule has 0 saturated heterocycles. The summed E-state index contributed by atoms with van der Waals surface area (Å²) in [6.45, 7) is 0.116. The van der Waals surface area contributed by atoms with Crippen molar-refractivity contribution in [1.82, 2.24) is 9.97 Å². The highest BCUT2D eigenvalue weighted by molar-refractivity contribution is 5.54. The van der Waals surface area contributed by atoms with E-state index >= 15 is 0 Å². The summed E-state index contributed by atoms with van der Waals surface area (Å²) >= 11 is 0. The van der Waals surface area contributed by atoms with Gasteiger partial charge < -0.3 is 15.2 Å². The molecule has 0 aliphatic rings. The summed E-state index contributed by atoms with van der Waals surface area (Å²) in [7, 11) is 1.45. The number of benzene rings is 1. The molecular weight excluding hydrogens is 276 g/mol. The molecular formula is C13H14N4O4. The molecule has 0 bridgehead atoms. The molecule has 0 radical (unpaired) electrons. The van der Waals surface area contributed by atoms with Gasteiger partial charge in [0.15, 0.2) is 17.3 Å². The van der Waals surface area contributed by atoms with Crippen molar-refractivity contribution in [1.29, 1.82) is 0 Å². The van der Waals surface area contributed by atoms with Crippen LogP contribution >= 0.6 is 0 Å². The zero-order valence-electron chi connectivity index (χ0n) is 11.4. The van der Waals surface area contributed by atoms with Crippen molar-refractivity contribution in [2.75, 3.05) is 7.11 Å². The van der Waals surface area contributed by atoms with Crippen LogP contribution in [0, 0.1) is 10.1 Å². The smallest absolute Gasteiger partial charge is 0.277 e. The number of nitrogens with two attached hydrogens (primary N) is 1. The lowest BCUT2D eigenvalue weighted by atomic mass is 10.1. The Morgan fingerprint density at radius 3 is 2.57 bits per heavy atom. The number of hydrogen-bond acceptors (Lipinski definition) is 7. The van der Waals surface area contributed by atoms with Gasteiger partial charge in [0, 0.05) is 24.5 Å². The topological polar surface area (TPSA) is 113 Å². The summed E-state index contributed by atoms with van der Waals surface area (Å²) in [6.07, 6.45) is 3.17. The quantitative estimate of drug-likeness (QED) is 0.632. The lowest BCUT2D eigenvalue weighted by Crippen LogP contribution is -2.06. The molecule has 0 aliphatic heterocycles. The summed E-state index contributed by atoms with van der Waals surface area (Å²) < 4.78 is 10.7. The van der Waals surface area contributed by atoms with Crippen molar-refractivity contribution < 1.29 is 14.4 Å². The molecule has 2 N–H and O–H groups in total. The molecule has 0 spiro atoms. The van der Waals surface area contributed by atoms with Crippen LogP contribution in [0.2, 0.25) is 0 Å². The van der Waals surface area contributed by atoms with Crippen LogP contribution in [0.1, 0.15) is 11.4 Å². The maximum atomic E-state index is 11.0. The van der Waals surface area contributed by atoms with Gasteiger partial charge in [0.1, 0.15) is 6.61 Å². The first-order valence-corrected chi connectivity index (χ1v) is 6.09. The number of rotatable bonds is 6. The number of nitrogens with zero attached hydrogens (tertiary/aromatic N) is 3. The Morgan fingerprint density at radius 1 is 1.29 bits per heavy atom. The van der Waals surface area contributed by atoms with Crippen molar-refractivity contribution in [2.45, 2.75) is 13.2 Å². The van der Waals surface area contributed by atoms with Gasteiger partial charge in [-0.25, -0.2) is 9.97 Å². The molecule has 0 fully saturated rings. The molecule has 8 heteroatoms. The maximum absolute atomic E-state index is 11.0. The zero-order valence-corrected chi connectivity index (χ0v) is 11.4. The first-order chi connectivity index (χ1) is 10.2. The number of nitro groups is 1. The highest BCUT2D eigenvalue weighted by Crippen LogP contribution is 2.34. The van der Waals surface area contributed by atoms with Crippen LogP contribution in [0.5, 0.6) is 11.5 Å². The third kappa shape index (κ3) is 3.42. The summed E-state index contributed by atoms with van der Waals surface area (Å²) in [5, 5.41) is 11.0. The van der Waals surface area contributed by atoms with E-state index in [1.165, 1.54) is 19.2 Å². The number of nitro benzene ring substituents is 1. The van der Waals surface area contributed by atoms with Crippen LogP contribution in [0.3, 0.4) is 0 Å². The van der Waals surface area contributed by atoms with E-state index in [0.717, 1.165) is 0 Å². The van der Waals surface area contributed by atoms with Crippen LogP contribution in [0.15, 0.2) is 30.6 Å². The molecule has 1 aromatic carbocycles. The molecule has 0 atom stereocenters. The van der Waals surface area contributed by atoms with Gasteiger partial charge >= 0.3 is 0 Å². The minimum absolute atomic E-state index is 0.0365. The van der Waals surface area contributed by atoms with Crippen LogP contribution < -0.4 is 15.2 Å². The maximum Gasteiger partial charge on any atom is 0.277 e. The second kappa shape index (κ2) is 6.62. The standard InChI is InChI=1S/C13H14N4O4/c1-20-11-5-9(7-14)10(17(18)19)6-12(11)21-8-13-15-3-2-4-16-13/h2-6H,7-8,14H2,1H3. The minimum Gasteiger partial charge on any atom is -0.493 e. The van der Waals surface area contributed by atoms with Gasteiger partial charge in [-0.15, -0.1) is 0 Å². The Hall–Kier alpha value is -2.74. The van der Waals surface area contributed by atoms with Crippen molar-refractivity contribution in [3.05, 3.63) is 52.1 Å². The molecule has 8 nitrogen and oxygen atoms in total. The van der Waals surface area contributed by atoms with E-state index in [2.05, 4.69) is 9.97 Å². The molecule has 0 aliphatic carbocycles. The third-order valence-corrected chi connectivity index (χ3v) is 2.76. The first kappa shape index (κ1) is 14.7. The molecule has 1 heterocycles. The van der Waals surface area contributed by atoms with Gasteiger partial charge in [-0.2, -0.15) is 0 Å². The van der Waals surface area contributed by atoms with E-state index in [4.69, 9.17) is 15.2 Å². The molecule has 0 unspecified atom stereocenters.